The average molecular weight is 243 g/mol. The lowest BCUT2D eigenvalue weighted by Crippen LogP contribution is -2.23. The van der Waals surface area contributed by atoms with Gasteiger partial charge in [0.25, 0.3) is 0 Å². The SMILES string of the molecule is CCCNC(c1cccc(C)c1)c1ccoc1C. The molecule has 1 aromatic carbocycles. The monoisotopic (exact) mass is 243 g/mol. The largest absolute Gasteiger partial charge is 0.469 e. The van der Waals surface area contributed by atoms with Crippen molar-refractivity contribution in [3.63, 3.8) is 0 Å². The summed E-state index contributed by atoms with van der Waals surface area (Å²) in [4.78, 5) is 0. The van der Waals surface area contributed by atoms with Gasteiger partial charge in [-0.15, -0.1) is 0 Å². The van der Waals surface area contributed by atoms with E-state index in [4.69, 9.17) is 4.42 Å². The number of hydrogen-bond donors (Lipinski definition) is 1. The van der Waals surface area contributed by atoms with Gasteiger partial charge in [-0.2, -0.15) is 0 Å². The third-order valence-electron chi connectivity index (χ3n) is 3.18. The first kappa shape index (κ1) is 12.9. The fraction of sp³-hybridized carbons (Fsp3) is 0.375. The fourth-order valence-corrected chi connectivity index (χ4v) is 2.24. The maximum atomic E-state index is 5.44. The molecule has 0 spiro atoms. The third kappa shape index (κ3) is 2.82. The number of nitrogens with one attached hydrogen (secondary N) is 1. The van der Waals surface area contributed by atoms with Crippen molar-refractivity contribution in [3.05, 3.63) is 59.0 Å². The lowest BCUT2D eigenvalue weighted by Gasteiger charge is -2.19. The number of rotatable bonds is 5. The molecule has 2 heteroatoms. The maximum absolute atomic E-state index is 5.44. The number of furan rings is 1. The second kappa shape index (κ2) is 5.87. The van der Waals surface area contributed by atoms with Crippen LogP contribution in [0.25, 0.3) is 0 Å². The van der Waals surface area contributed by atoms with Crippen LogP contribution in [0.3, 0.4) is 0 Å². The minimum Gasteiger partial charge on any atom is -0.469 e. The highest BCUT2D eigenvalue weighted by molar-refractivity contribution is 5.34. The summed E-state index contributed by atoms with van der Waals surface area (Å²) in [6.07, 6.45) is 2.89. The normalized spacial score (nSPS) is 12.6. The number of aryl methyl sites for hydroxylation is 2. The van der Waals surface area contributed by atoms with E-state index in [0.717, 1.165) is 18.7 Å². The molecular formula is C16H21NO. The second-order valence-corrected chi connectivity index (χ2v) is 4.73. The number of benzene rings is 1. The Labute approximate surface area is 109 Å². The van der Waals surface area contributed by atoms with Gasteiger partial charge >= 0.3 is 0 Å². The van der Waals surface area contributed by atoms with Gasteiger partial charge in [-0.3, -0.25) is 0 Å². The fourth-order valence-electron chi connectivity index (χ4n) is 2.24. The van der Waals surface area contributed by atoms with E-state index in [1.165, 1.54) is 16.7 Å². The van der Waals surface area contributed by atoms with Crippen molar-refractivity contribution >= 4 is 0 Å². The van der Waals surface area contributed by atoms with Crippen LogP contribution in [0.15, 0.2) is 41.0 Å². The standard InChI is InChI=1S/C16H21NO/c1-4-9-17-16(15-8-10-18-13(15)3)14-7-5-6-12(2)11-14/h5-8,10-11,16-17H,4,9H2,1-3H3. The van der Waals surface area contributed by atoms with Crippen LogP contribution in [0.5, 0.6) is 0 Å². The van der Waals surface area contributed by atoms with Crippen molar-refractivity contribution in [1.29, 1.82) is 0 Å². The van der Waals surface area contributed by atoms with E-state index in [2.05, 4.69) is 49.5 Å². The van der Waals surface area contributed by atoms with Crippen molar-refractivity contribution in [2.45, 2.75) is 33.2 Å². The Kier molecular flexibility index (Phi) is 4.21. The van der Waals surface area contributed by atoms with Gasteiger partial charge < -0.3 is 9.73 Å². The first-order valence-corrected chi connectivity index (χ1v) is 6.56. The molecule has 2 nitrogen and oxygen atoms in total. The Balaban J connectivity index is 2.33. The zero-order valence-corrected chi connectivity index (χ0v) is 11.4. The first-order valence-electron chi connectivity index (χ1n) is 6.56. The molecule has 1 unspecified atom stereocenters. The maximum Gasteiger partial charge on any atom is 0.105 e. The highest BCUT2D eigenvalue weighted by Gasteiger charge is 2.17. The van der Waals surface area contributed by atoms with Gasteiger partial charge in [0.1, 0.15) is 5.76 Å². The predicted molar refractivity (Wildman–Crippen MR) is 74.8 cm³/mol. The molecule has 2 rings (SSSR count). The molecule has 0 aliphatic rings. The van der Waals surface area contributed by atoms with E-state index in [-0.39, 0.29) is 6.04 Å². The first-order chi connectivity index (χ1) is 8.72. The second-order valence-electron chi connectivity index (χ2n) is 4.73. The Morgan fingerprint density at radius 2 is 2.06 bits per heavy atom. The van der Waals surface area contributed by atoms with Gasteiger partial charge in [-0.25, -0.2) is 0 Å². The van der Waals surface area contributed by atoms with E-state index >= 15 is 0 Å². The highest BCUT2D eigenvalue weighted by Crippen LogP contribution is 2.26. The van der Waals surface area contributed by atoms with Crippen LogP contribution in [0.4, 0.5) is 0 Å². The Morgan fingerprint density at radius 1 is 1.22 bits per heavy atom. The quantitative estimate of drug-likeness (QED) is 0.859. The van der Waals surface area contributed by atoms with Gasteiger partial charge in [0.05, 0.1) is 12.3 Å². The molecule has 1 heterocycles. The van der Waals surface area contributed by atoms with E-state index in [1.807, 2.05) is 6.92 Å². The van der Waals surface area contributed by atoms with E-state index in [0.29, 0.717) is 0 Å². The molecule has 2 aromatic rings. The smallest absolute Gasteiger partial charge is 0.105 e. The summed E-state index contributed by atoms with van der Waals surface area (Å²) in [6.45, 7) is 7.33. The topological polar surface area (TPSA) is 25.2 Å². The molecule has 0 aliphatic heterocycles. The summed E-state index contributed by atoms with van der Waals surface area (Å²) < 4.78 is 5.44. The van der Waals surface area contributed by atoms with Crippen LogP contribution >= 0.6 is 0 Å². The third-order valence-corrected chi connectivity index (χ3v) is 3.18. The molecule has 0 bridgehead atoms. The lowest BCUT2D eigenvalue weighted by molar-refractivity contribution is 0.517. The Hall–Kier alpha value is -1.54. The average Bonchev–Trinajstić information content (AvgIpc) is 2.77. The van der Waals surface area contributed by atoms with Crippen LogP contribution < -0.4 is 5.32 Å². The zero-order valence-electron chi connectivity index (χ0n) is 11.4. The van der Waals surface area contributed by atoms with Gasteiger partial charge in [0.2, 0.25) is 0 Å². The summed E-state index contributed by atoms with van der Waals surface area (Å²) in [5.74, 6) is 0.991. The van der Waals surface area contributed by atoms with Crippen LogP contribution in [0, 0.1) is 13.8 Å². The highest BCUT2D eigenvalue weighted by atomic mass is 16.3. The summed E-state index contributed by atoms with van der Waals surface area (Å²) in [6, 6.07) is 10.9. The lowest BCUT2D eigenvalue weighted by atomic mass is 9.97. The summed E-state index contributed by atoms with van der Waals surface area (Å²) in [5.41, 5.74) is 3.82. The van der Waals surface area contributed by atoms with E-state index in [1.54, 1.807) is 6.26 Å². The summed E-state index contributed by atoms with van der Waals surface area (Å²) >= 11 is 0. The van der Waals surface area contributed by atoms with Gasteiger partial charge in [-0.1, -0.05) is 36.8 Å². The van der Waals surface area contributed by atoms with Gasteiger partial charge in [-0.05, 0) is 38.4 Å². The van der Waals surface area contributed by atoms with E-state index in [9.17, 15) is 0 Å². The zero-order chi connectivity index (χ0) is 13.0. The Bertz CT molecular complexity index is 501. The molecule has 0 saturated carbocycles. The molecule has 0 radical (unpaired) electrons. The summed E-state index contributed by atoms with van der Waals surface area (Å²) in [7, 11) is 0. The molecule has 0 saturated heterocycles. The molecule has 0 amide bonds. The number of hydrogen-bond acceptors (Lipinski definition) is 2. The van der Waals surface area contributed by atoms with Crippen molar-refractivity contribution in [2.24, 2.45) is 0 Å². The predicted octanol–water partition coefficient (Wildman–Crippen LogP) is 3.99. The van der Waals surface area contributed by atoms with Gasteiger partial charge in [0, 0.05) is 5.56 Å². The van der Waals surface area contributed by atoms with Crippen LogP contribution in [-0.2, 0) is 0 Å². The van der Waals surface area contributed by atoms with E-state index < -0.39 is 0 Å². The molecule has 0 fully saturated rings. The van der Waals surface area contributed by atoms with Crippen LogP contribution in [0.2, 0.25) is 0 Å². The minimum atomic E-state index is 0.226. The molecule has 18 heavy (non-hydrogen) atoms. The van der Waals surface area contributed by atoms with Crippen molar-refractivity contribution in [2.75, 3.05) is 6.54 Å². The van der Waals surface area contributed by atoms with Crippen LogP contribution in [0.1, 0.15) is 41.8 Å². The molecule has 96 valence electrons. The molecule has 1 atom stereocenters. The van der Waals surface area contributed by atoms with Crippen molar-refractivity contribution in [3.8, 4) is 0 Å². The molecule has 1 N–H and O–H groups in total. The van der Waals surface area contributed by atoms with Crippen molar-refractivity contribution < 1.29 is 4.42 Å². The summed E-state index contributed by atoms with van der Waals surface area (Å²) in [5, 5.41) is 3.60. The Morgan fingerprint density at radius 3 is 2.67 bits per heavy atom. The van der Waals surface area contributed by atoms with Crippen LogP contribution in [-0.4, -0.2) is 6.54 Å². The molecular weight excluding hydrogens is 222 g/mol. The molecule has 1 aromatic heterocycles. The molecule has 0 aliphatic carbocycles. The van der Waals surface area contributed by atoms with Crippen molar-refractivity contribution in [1.82, 2.24) is 5.32 Å². The van der Waals surface area contributed by atoms with Gasteiger partial charge in [0.15, 0.2) is 0 Å². The minimum absolute atomic E-state index is 0.226.